The lowest BCUT2D eigenvalue weighted by molar-refractivity contribution is -0.384. The van der Waals surface area contributed by atoms with E-state index in [2.05, 4.69) is 25.8 Å². The molecule has 11 nitrogen and oxygen atoms in total. The highest BCUT2D eigenvalue weighted by molar-refractivity contribution is 7.99. The molecule has 0 spiro atoms. The van der Waals surface area contributed by atoms with Gasteiger partial charge in [-0.25, -0.2) is 9.07 Å². The minimum atomic E-state index is -0.894. The Bertz CT molecular complexity index is 1250. The number of hydrogen-bond acceptors (Lipinski definition) is 9. The molecule has 3 aromatic rings. The molecule has 0 radical (unpaired) electrons. The molecule has 35 heavy (non-hydrogen) atoms. The molecule has 0 saturated heterocycles. The first-order valence-electron chi connectivity index (χ1n) is 11.3. The fourth-order valence-electron chi connectivity index (χ4n) is 4.23. The van der Waals surface area contributed by atoms with Crippen LogP contribution in [-0.4, -0.2) is 49.6 Å². The Hall–Kier alpha value is -3.45. The Kier molecular flexibility index (Phi) is 7.66. The molecule has 4 rings (SSSR count). The van der Waals surface area contributed by atoms with E-state index in [1.54, 1.807) is 10.9 Å². The summed E-state index contributed by atoms with van der Waals surface area (Å²) < 4.78 is 16.9. The molecule has 2 heterocycles. The maximum absolute atomic E-state index is 15.4. The molecule has 2 aromatic heterocycles. The molecule has 1 aromatic carbocycles. The van der Waals surface area contributed by atoms with Gasteiger partial charge in [0.05, 0.1) is 10.5 Å². The lowest BCUT2D eigenvalue weighted by atomic mass is 9.98. The molecule has 0 unspecified atom stereocenters. The molecule has 0 aliphatic heterocycles. The van der Waals surface area contributed by atoms with Crippen LogP contribution in [0, 0.1) is 15.9 Å². The molecule has 1 aliphatic rings. The van der Waals surface area contributed by atoms with Crippen molar-refractivity contribution in [1.29, 1.82) is 0 Å². The van der Waals surface area contributed by atoms with Crippen molar-refractivity contribution in [2.24, 2.45) is 5.73 Å². The van der Waals surface area contributed by atoms with Crippen molar-refractivity contribution in [2.45, 2.75) is 54.6 Å². The predicted octanol–water partition coefficient (Wildman–Crippen LogP) is 3.30. The summed E-state index contributed by atoms with van der Waals surface area (Å²) in [7, 11) is 1.83. The first-order valence-corrected chi connectivity index (χ1v) is 12.1. The van der Waals surface area contributed by atoms with Gasteiger partial charge in [0, 0.05) is 35.3 Å². The number of carbonyl (C=O) groups is 1. The van der Waals surface area contributed by atoms with Gasteiger partial charge in [0.2, 0.25) is 11.1 Å². The average Bonchev–Trinajstić information content (AvgIpc) is 3.52. The summed E-state index contributed by atoms with van der Waals surface area (Å²) in [5.41, 5.74) is 5.83. The van der Waals surface area contributed by atoms with Crippen LogP contribution in [0.4, 0.5) is 10.1 Å². The van der Waals surface area contributed by atoms with Gasteiger partial charge in [-0.2, -0.15) is 0 Å². The minimum Gasteiger partial charge on any atom is -0.366 e. The molecule has 1 fully saturated rings. The van der Waals surface area contributed by atoms with E-state index in [-0.39, 0.29) is 27.6 Å². The molecule has 184 valence electrons. The Balaban J connectivity index is 1.81. The van der Waals surface area contributed by atoms with Gasteiger partial charge in [-0.1, -0.05) is 12.8 Å². The molecule has 1 saturated carbocycles. The number of amides is 1. The van der Waals surface area contributed by atoms with Gasteiger partial charge in [0.15, 0.2) is 0 Å². The van der Waals surface area contributed by atoms with E-state index in [4.69, 9.17) is 5.73 Å². The van der Waals surface area contributed by atoms with Gasteiger partial charge in [0.25, 0.3) is 5.69 Å². The minimum absolute atomic E-state index is 0.0817. The topological polar surface area (TPSA) is 155 Å². The number of nitro groups is 1. The number of non-ortho nitro benzene ring substituents is 1. The van der Waals surface area contributed by atoms with E-state index in [0.717, 1.165) is 62.0 Å². The maximum atomic E-state index is 15.4. The number of primary amides is 1. The van der Waals surface area contributed by atoms with Crippen molar-refractivity contribution in [3.8, 4) is 11.3 Å². The zero-order valence-electron chi connectivity index (χ0n) is 19.1. The van der Waals surface area contributed by atoms with Crippen molar-refractivity contribution in [3.05, 3.63) is 51.5 Å². The van der Waals surface area contributed by atoms with Crippen LogP contribution < -0.4 is 11.1 Å². The summed E-state index contributed by atoms with van der Waals surface area (Å²) in [4.78, 5) is 27.8. The summed E-state index contributed by atoms with van der Waals surface area (Å²) in [6.07, 6.45) is 6.47. The Morgan fingerprint density at radius 1 is 1.34 bits per heavy atom. The van der Waals surface area contributed by atoms with E-state index in [1.165, 1.54) is 12.1 Å². The van der Waals surface area contributed by atoms with E-state index >= 15 is 4.39 Å². The van der Waals surface area contributed by atoms with E-state index < -0.39 is 22.3 Å². The van der Waals surface area contributed by atoms with Crippen LogP contribution in [0.2, 0.25) is 0 Å². The lowest BCUT2D eigenvalue weighted by Crippen LogP contribution is -2.14. The molecule has 0 bridgehead atoms. The highest BCUT2D eigenvalue weighted by Gasteiger charge is 2.26. The lowest BCUT2D eigenvalue weighted by Gasteiger charge is -2.15. The number of nitrogens with zero attached hydrogens (tertiary/aromatic N) is 6. The zero-order valence-corrected chi connectivity index (χ0v) is 19.9. The van der Waals surface area contributed by atoms with Gasteiger partial charge >= 0.3 is 0 Å². The number of aromatic nitrogens is 5. The number of nitrogens with two attached hydrogens (primary N) is 1. The Labute approximate surface area is 204 Å². The number of rotatable bonds is 10. The van der Waals surface area contributed by atoms with Gasteiger partial charge in [0.1, 0.15) is 11.5 Å². The van der Waals surface area contributed by atoms with Crippen molar-refractivity contribution in [2.75, 3.05) is 13.6 Å². The van der Waals surface area contributed by atoms with Gasteiger partial charge < -0.3 is 11.1 Å². The molecule has 1 aliphatic carbocycles. The number of benzene rings is 1. The SMILES string of the molecule is CNCCCn1nnnc1Sc1c(C(N)=O)cc([N+](=O)[O-])cc1-c1ncc(C2CCCC2)cc1F. The fourth-order valence-corrected chi connectivity index (χ4v) is 5.26. The number of halogens is 1. The quantitative estimate of drug-likeness (QED) is 0.242. The third kappa shape index (κ3) is 5.46. The van der Waals surface area contributed by atoms with Crippen LogP contribution in [0.25, 0.3) is 11.3 Å². The third-order valence-electron chi connectivity index (χ3n) is 5.98. The maximum Gasteiger partial charge on any atom is 0.270 e. The summed E-state index contributed by atoms with van der Waals surface area (Å²) in [6.45, 7) is 1.23. The highest BCUT2D eigenvalue weighted by atomic mass is 32.2. The largest absolute Gasteiger partial charge is 0.366 e. The normalized spacial score (nSPS) is 13.9. The summed E-state index contributed by atoms with van der Waals surface area (Å²) in [5.74, 6) is -1.27. The van der Waals surface area contributed by atoms with Crippen molar-refractivity contribution in [3.63, 3.8) is 0 Å². The van der Waals surface area contributed by atoms with E-state index in [0.29, 0.717) is 11.7 Å². The van der Waals surface area contributed by atoms with Crippen LogP contribution in [0.15, 0.2) is 34.4 Å². The molecule has 1 amide bonds. The second-order valence-corrected chi connectivity index (χ2v) is 9.29. The van der Waals surface area contributed by atoms with E-state index in [1.807, 2.05) is 7.05 Å². The predicted molar refractivity (Wildman–Crippen MR) is 126 cm³/mol. The summed E-state index contributed by atoms with van der Waals surface area (Å²) in [5, 5.41) is 26.7. The van der Waals surface area contributed by atoms with Crippen molar-refractivity contribution in [1.82, 2.24) is 30.5 Å². The number of aryl methyl sites for hydroxylation is 1. The van der Waals surface area contributed by atoms with Crippen molar-refractivity contribution < 1.29 is 14.1 Å². The van der Waals surface area contributed by atoms with Crippen LogP contribution in [0.3, 0.4) is 0 Å². The highest BCUT2D eigenvalue weighted by Crippen LogP contribution is 2.41. The molecule has 13 heteroatoms. The zero-order chi connectivity index (χ0) is 24.9. The van der Waals surface area contributed by atoms with Crippen molar-refractivity contribution >= 4 is 23.4 Å². The molecule has 0 atom stereocenters. The smallest absolute Gasteiger partial charge is 0.270 e. The second kappa shape index (κ2) is 10.9. The third-order valence-corrected chi connectivity index (χ3v) is 7.10. The van der Waals surface area contributed by atoms with E-state index in [9.17, 15) is 14.9 Å². The molecular formula is C22H25FN8O3S. The Morgan fingerprint density at radius 2 is 2.11 bits per heavy atom. The number of nitrogens with one attached hydrogen (secondary N) is 1. The van der Waals surface area contributed by atoms with Crippen LogP contribution in [0.5, 0.6) is 0 Å². The molecule has 3 N–H and O–H groups in total. The first kappa shape index (κ1) is 24.7. The number of pyridine rings is 1. The van der Waals surface area contributed by atoms with Crippen LogP contribution in [0.1, 0.15) is 53.9 Å². The second-order valence-electron chi connectivity index (χ2n) is 8.32. The number of carbonyl (C=O) groups excluding carboxylic acids is 1. The summed E-state index contributed by atoms with van der Waals surface area (Å²) in [6, 6.07) is 3.70. The number of nitro benzene ring substituents is 1. The van der Waals surface area contributed by atoms with Crippen LogP contribution >= 0.6 is 11.8 Å². The standard InChI is InChI=1S/C22H25FN8O3S/c1-25-7-4-8-30-22(27-28-29-30)35-20-16(10-15(31(33)34)11-17(20)21(24)32)19-18(23)9-14(12-26-19)13-5-2-3-6-13/h9-13,25H,2-8H2,1H3,(H2,24,32). The monoisotopic (exact) mass is 500 g/mol. The van der Waals surface area contributed by atoms with Gasteiger partial charge in [-0.15, -0.1) is 5.10 Å². The number of tetrazole rings is 1. The van der Waals surface area contributed by atoms with Gasteiger partial charge in [-0.05, 0) is 72.6 Å². The average molecular weight is 501 g/mol. The fraction of sp³-hybridized carbons (Fsp3) is 0.409. The Morgan fingerprint density at radius 3 is 2.77 bits per heavy atom. The molecular weight excluding hydrogens is 475 g/mol. The first-order chi connectivity index (χ1) is 16.9. The van der Waals surface area contributed by atoms with Crippen LogP contribution in [-0.2, 0) is 6.54 Å². The van der Waals surface area contributed by atoms with Gasteiger partial charge in [-0.3, -0.25) is 19.9 Å². The summed E-state index contributed by atoms with van der Waals surface area (Å²) >= 11 is 0.990. The number of hydrogen-bond donors (Lipinski definition) is 2.